The fraction of sp³-hybridized carbons (Fsp3) is 0.217. The SMILES string of the molecule is Cn1cc2c(N3CCCC3)c(NC(=O)c3ccc(=O)n(-c4c(F)cccc4F)n3)ccc2n1. The van der Waals surface area contributed by atoms with Crippen LogP contribution >= 0.6 is 0 Å². The molecule has 2 aromatic heterocycles. The van der Waals surface area contributed by atoms with Crippen LogP contribution in [0.4, 0.5) is 20.2 Å². The molecule has 10 heteroatoms. The summed E-state index contributed by atoms with van der Waals surface area (Å²) in [5.74, 6) is -2.52. The Hall–Kier alpha value is -4.08. The van der Waals surface area contributed by atoms with Gasteiger partial charge in [-0.15, -0.1) is 0 Å². The van der Waals surface area contributed by atoms with Crippen molar-refractivity contribution in [3.63, 3.8) is 0 Å². The fourth-order valence-corrected chi connectivity index (χ4v) is 4.15. The molecule has 33 heavy (non-hydrogen) atoms. The molecule has 0 bridgehead atoms. The second-order valence-electron chi connectivity index (χ2n) is 7.88. The molecule has 2 aromatic carbocycles. The largest absolute Gasteiger partial charge is 0.369 e. The molecular weight excluding hydrogens is 430 g/mol. The quantitative estimate of drug-likeness (QED) is 0.516. The Balaban J connectivity index is 1.55. The van der Waals surface area contributed by atoms with E-state index in [-0.39, 0.29) is 5.69 Å². The van der Waals surface area contributed by atoms with Gasteiger partial charge in [0.2, 0.25) is 0 Å². The number of hydrogen-bond donors (Lipinski definition) is 1. The molecule has 3 heterocycles. The van der Waals surface area contributed by atoms with E-state index < -0.39 is 28.8 Å². The lowest BCUT2D eigenvalue weighted by molar-refractivity contribution is 0.102. The van der Waals surface area contributed by atoms with Gasteiger partial charge in [-0.1, -0.05) is 6.07 Å². The van der Waals surface area contributed by atoms with E-state index in [9.17, 15) is 18.4 Å². The molecule has 1 saturated heterocycles. The van der Waals surface area contributed by atoms with Gasteiger partial charge in [0.15, 0.2) is 11.6 Å². The van der Waals surface area contributed by atoms with Gasteiger partial charge in [0, 0.05) is 37.8 Å². The lowest BCUT2D eigenvalue weighted by Crippen LogP contribution is -2.27. The highest BCUT2D eigenvalue weighted by molar-refractivity contribution is 6.08. The van der Waals surface area contributed by atoms with Crippen LogP contribution in [-0.4, -0.2) is 38.6 Å². The summed E-state index contributed by atoms with van der Waals surface area (Å²) in [6.45, 7) is 1.71. The number of rotatable bonds is 4. The molecule has 1 aliphatic heterocycles. The lowest BCUT2D eigenvalue weighted by atomic mass is 10.1. The van der Waals surface area contributed by atoms with Gasteiger partial charge in [0.1, 0.15) is 11.4 Å². The molecule has 0 unspecified atom stereocenters. The molecular formula is C23H20F2N6O2. The van der Waals surface area contributed by atoms with Crippen LogP contribution in [0.3, 0.4) is 0 Å². The smallest absolute Gasteiger partial charge is 0.276 e. The first kappa shape index (κ1) is 20.8. The minimum Gasteiger partial charge on any atom is -0.369 e. The molecule has 168 valence electrons. The third-order valence-electron chi connectivity index (χ3n) is 5.63. The van der Waals surface area contributed by atoms with Crippen molar-refractivity contribution in [3.8, 4) is 5.69 Å². The maximum Gasteiger partial charge on any atom is 0.276 e. The molecule has 5 rings (SSSR count). The van der Waals surface area contributed by atoms with Crippen molar-refractivity contribution in [2.75, 3.05) is 23.3 Å². The van der Waals surface area contributed by atoms with Gasteiger partial charge in [0.05, 0.1) is 16.9 Å². The molecule has 1 aliphatic rings. The standard InChI is InChI=1S/C23H20F2N6O2/c1-29-13-14-17(27-29)7-8-18(21(14)30-11-2-3-12-30)26-23(33)19-9-10-20(32)31(28-19)22-15(24)5-4-6-16(22)25/h4-10,13H,2-3,11-12H2,1H3,(H,26,33). The first-order chi connectivity index (χ1) is 15.9. The summed E-state index contributed by atoms with van der Waals surface area (Å²) in [7, 11) is 1.83. The van der Waals surface area contributed by atoms with Gasteiger partial charge in [-0.05, 0) is 43.2 Å². The van der Waals surface area contributed by atoms with Crippen LogP contribution < -0.4 is 15.8 Å². The number of halogens is 2. The minimum atomic E-state index is -0.958. The van der Waals surface area contributed by atoms with Crippen molar-refractivity contribution in [2.24, 2.45) is 7.05 Å². The van der Waals surface area contributed by atoms with Crippen molar-refractivity contribution in [2.45, 2.75) is 12.8 Å². The average Bonchev–Trinajstić information content (AvgIpc) is 3.43. The predicted octanol–water partition coefficient (Wildman–Crippen LogP) is 3.25. The Kier molecular flexibility index (Phi) is 5.12. The average molecular weight is 450 g/mol. The van der Waals surface area contributed by atoms with Crippen molar-refractivity contribution in [3.05, 3.63) is 76.3 Å². The van der Waals surface area contributed by atoms with Crippen molar-refractivity contribution in [1.82, 2.24) is 19.6 Å². The number of nitrogens with one attached hydrogen (secondary N) is 1. The van der Waals surface area contributed by atoms with E-state index in [4.69, 9.17) is 0 Å². The monoisotopic (exact) mass is 450 g/mol. The number of anilines is 2. The second-order valence-corrected chi connectivity index (χ2v) is 7.88. The first-order valence-electron chi connectivity index (χ1n) is 10.5. The summed E-state index contributed by atoms with van der Waals surface area (Å²) in [6.07, 6.45) is 3.99. The van der Waals surface area contributed by atoms with Crippen LogP contribution in [0.25, 0.3) is 16.6 Å². The minimum absolute atomic E-state index is 0.157. The molecule has 1 fully saturated rings. The molecule has 0 atom stereocenters. The van der Waals surface area contributed by atoms with Crippen molar-refractivity contribution < 1.29 is 13.6 Å². The number of aromatic nitrogens is 4. The zero-order valence-corrected chi connectivity index (χ0v) is 17.8. The Morgan fingerprint density at radius 2 is 1.70 bits per heavy atom. The van der Waals surface area contributed by atoms with Crippen LogP contribution in [-0.2, 0) is 7.05 Å². The van der Waals surface area contributed by atoms with E-state index in [0.29, 0.717) is 10.4 Å². The molecule has 1 N–H and O–H groups in total. The summed E-state index contributed by atoms with van der Waals surface area (Å²) in [5, 5.41) is 12.1. The third kappa shape index (κ3) is 3.73. The van der Waals surface area contributed by atoms with Crippen LogP contribution in [0, 0.1) is 11.6 Å². The number of nitrogens with zero attached hydrogens (tertiary/aromatic N) is 5. The van der Waals surface area contributed by atoms with E-state index in [1.165, 1.54) is 12.1 Å². The van der Waals surface area contributed by atoms with Crippen LogP contribution in [0.5, 0.6) is 0 Å². The van der Waals surface area contributed by atoms with Gasteiger partial charge in [0.25, 0.3) is 11.5 Å². The highest BCUT2D eigenvalue weighted by atomic mass is 19.1. The Bertz CT molecular complexity index is 1420. The number of hydrogen-bond acceptors (Lipinski definition) is 5. The maximum atomic E-state index is 14.2. The number of carbonyl (C=O) groups is 1. The van der Waals surface area contributed by atoms with E-state index in [0.717, 1.165) is 60.7 Å². The summed E-state index contributed by atoms with van der Waals surface area (Å²) < 4.78 is 30.7. The van der Waals surface area contributed by atoms with E-state index >= 15 is 0 Å². The van der Waals surface area contributed by atoms with Crippen LogP contribution in [0.1, 0.15) is 23.3 Å². The molecule has 8 nitrogen and oxygen atoms in total. The van der Waals surface area contributed by atoms with Gasteiger partial charge in [-0.2, -0.15) is 14.9 Å². The molecule has 4 aromatic rings. The lowest BCUT2D eigenvalue weighted by Gasteiger charge is -2.22. The van der Waals surface area contributed by atoms with E-state index in [1.807, 2.05) is 19.3 Å². The number of aryl methyl sites for hydroxylation is 1. The third-order valence-corrected chi connectivity index (χ3v) is 5.63. The number of amides is 1. The van der Waals surface area contributed by atoms with E-state index in [1.54, 1.807) is 10.7 Å². The molecule has 0 radical (unpaired) electrons. The number of fused-ring (bicyclic) bond motifs is 1. The number of carbonyl (C=O) groups excluding carboxylic acids is 1. The molecule has 0 spiro atoms. The fourth-order valence-electron chi connectivity index (χ4n) is 4.15. The topological polar surface area (TPSA) is 85.0 Å². The van der Waals surface area contributed by atoms with Crippen molar-refractivity contribution in [1.29, 1.82) is 0 Å². The zero-order chi connectivity index (χ0) is 23.1. The summed E-state index contributed by atoms with van der Waals surface area (Å²) in [6, 6.07) is 9.09. The van der Waals surface area contributed by atoms with Crippen LogP contribution in [0.15, 0.2) is 53.5 Å². The Morgan fingerprint density at radius 1 is 0.970 bits per heavy atom. The van der Waals surface area contributed by atoms with Gasteiger partial charge in [-0.25, -0.2) is 8.78 Å². The van der Waals surface area contributed by atoms with Crippen LogP contribution in [0.2, 0.25) is 0 Å². The van der Waals surface area contributed by atoms with Gasteiger partial charge in [-0.3, -0.25) is 14.3 Å². The Morgan fingerprint density at radius 3 is 2.42 bits per heavy atom. The molecule has 0 aliphatic carbocycles. The van der Waals surface area contributed by atoms with Gasteiger partial charge >= 0.3 is 0 Å². The second kappa shape index (κ2) is 8.12. The number of para-hydroxylation sites is 1. The Labute approximate surface area is 187 Å². The summed E-state index contributed by atoms with van der Waals surface area (Å²) in [5.41, 5.74) is 0.686. The van der Waals surface area contributed by atoms with E-state index in [2.05, 4.69) is 20.4 Å². The molecule has 1 amide bonds. The summed E-state index contributed by atoms with van der Waals surface area (Å²) in [4.78, 5) is 27.5. The normalized spacial score (nSPS) is 13.6. The predicted molar refractivity (Wildman–Crippen MR) is 120 cm³/mol. The summed E-state index contributed by atoms with van der Waals surface area (Å²) >= 11 is 0. The highest BCUT2D eigenvalue weighted by Gasteiger charge is 2.22. The highest BCUT2D eigenvalue weighted by Crippen LogP contribution is 2.36. The zero-order valence-electron chi connectivity index (χ0n) is 17.8. The number of benzene rings is 2. The maximum absolute atomic E-state index is 14.2. The van der Waals surface area contributed by atoms with Gasteiger partial charge < -0.3 is 10.2 Å². The van der Waals surface area contributed by atoms with Crippen molar-refractivity contribution >= 4 is 28.2 Å². The molecule has 0 saturated carbocycles. The first-order valence-corrected chi connectivity index (χ1v) is 10.5.